The second-order valence-corrected chi connectivity index (χ2v) is 3.32. The largest absolute Gasteiger partial charge is 0.465 e. The van der Waals surface area contributed by atoms with Crippen molar-refractivity contribution in [2.75, 3.05) is 7.11 Å². The number of ether oxygens (including phenoxy) is 1. The third-order valence-corrected chi connectivity index (χ3v) is 2.30. The molecule has 3 nitrogen and oxygen atoms in total. The molecule has 0 aliphatic rings. The zero-order valence-electron chi connectivity index (χ0n) is 9.20. The van der Waals surface area contributed by atoms with Crippen molar-refractivity contribution < 1.29 is 14.3 Å². The van der Waals surface area contributed by atoms with Gasteiger partial charge >= 0.3 is 11.8 Å². The molecule has 0 atom stereocenters. The molecule has 0 amide bonds. The maximum atomic E-state index is 11.3. The van der Waals surface area contributed by atoms with E-state index in [-0.39, 0.29) is 5.97 Å². The summed E-state index contributed by atoms with van der Waals surface area (Å²) in [6.45, 7) is 3.75. The third kappa shape index (κ3) is 2.43. The second kappa shape index (κ2) is 4.73. The lowest BCUT2D eigenvalue weighted by molar-refractivity contribution is 0.0600. The molecule has 0 spiro atoms. The summed E-state index contributed by atoms with van der Waals surface area (Å²) in [6.07, 6.45) is 0.547. The number of benzene rings is 1. The first-order chi connectivity index (χ1) is 7.10. The lowest BCUT2D eigenvalue weighted by Crippen LogP contribution is -2.06. The van der Waals surface area contributed by atoms with Crippen LogP contribution in [0.5, 0.6) is 0 Å². The van der Waals surface area contributed by atoms with E-state index >= 15 is 0 Å². The zero-order valence-corrected chi connectivity index (χ0v) is 9.20. The molecule has 0 saturated heterocycles. The smallest absolute Gasteiger partial charge is 0.337 e. The molecule has 0 unspecified atom stereocenters. The molecule has 0 radical (unpaired) electrons. The second-order valence-electron chi connectivity index (χ2n) is 3.32. The summed E-state index contributed by atoms with van der Waals surface area (Å²) in [5.41, 5.74) is 2.11. The van der Waals surface area contributed by atoms with Crippen molar-refractivity contribution in [2.45, 2.75) is 20.3 Å². The number of esters is 1. The van der Waals surface area contributed by atoms with Crippen LogP contribution in [0.15, 0.2) is 18.2 Å². The van der Waals surface area contributed by atoms with Gasteiger partial charge in [0.05, 0.1) is 24.7 Å². The van der Waals surface area contributed by atoms with Crippen LogP contribution in [0.4, 0.5) is 0 Å². The predicted molar refractivity (Wildman–Crippen MR) is 58.9 cm³/mol. The van der Waals surface area contributed by atoms with Crippen LogP contribution in [0.2, 0.25) is 0 Å². The highest BCUT2D eigenvalue weighted by Gasteiger charge is 2.15. The van der Waals surface area contributed by atoms with Crippen molar-refractivity contribution in [1.82, 2.24) is 0 Å². The lowest BCUT2D eigenvalue weighted by atomic mass is 10.0. The molecule has 0 aromatic heterocycles. The normalized spacial score (nSPS) is 9.80. The van der Waals surface area contributed by atoms with Gasteiger partial charge in [-0.1, -0.05) is 13.0 Å². The van der Waals surface area contributed by atoms with E-state index in [9.17, 15) is 9.59 Å². The standard InChI is InChI=1S/C12H14O3/c1-4-11(13)10-7-9(12(14)15-3)6-5-8(10)2/h5-7H,4H2,1-3H3/p+1. The number of carbonyl (C=O) groups excluding carboxylic acids is 2. The molecule has 0 aliphatic carbocycles. The number of methoxy groups -OCH3 is 1. The van der Waals surface area contributed by atoms with Gasteiger partial charge in [0, 0.05) is 0 Å². The van der Waals surface area contributed by atoms with Crippen molar-refractivity contribution in [2.24, 2.45) is 0 Å². The number of hydrogen-bond donors (Lipinski definition) is 0. The maximum Gasteiger partial charge on any atom is 0.337 e. The van der Waals surface area contributed by atoms with Gasteiger partial charge in [-0.05, 0) is 24.6 Å². The van der Waals surface area contributed by atoms with Crippen LogP contribution in [0.3, 0.4) is 0 Å². The van der Waals surface area contributed by atoms with E-state index in [1.165, 1.54) is 7.11 Å². The van der Waals surface area contributed by atoms with Gasteiger partial charge in [-0.25, -0.2) is 4.79 Å². The van der Waals surface area contributed by atoms with Gasteiger partial charge in [0.25, 0.3) is 0 Å². The first kappa shape index (κ1) is 11.4. The van der Waals surface area contributed by atoms with Gasteiger partial charge in [0.1, 0.15) is 0 Å². The fourth-order valence-corrected chi connectivity index (χ4v) is 1.37. The van der Waals surface area contributed by atoms with Crippen molar-refractivity contribution in [1.29, 1.82) is 0 Å². The maximum absolute atomic E-state index is 11.3. The minimum absolute atomic E-state index is 0.290. The van der Waals surface area contributed by atoms with Gasteiger partial charge < -0.3 is 4.74 Å². The Morgan fingerprint density at radius 1 is 1.47 bits per heavy atom. The Morgan fingerprint density at radius 2 is 2.13 bits per heavy atom. The van der Waals surface area contributed by atoms with E-state index in [1.54, 1.807) is 18.2 Å². The molecule has 0 fully saturated rings. The molecular weight excluding hydrogens is 192 g/mol. The van der Waals surface area contributed by atoms with E-state index in [0.717, 1.165) is 5.56 Å². The third-order valence-electron chi connectivity index (χ3n) is 2.30. The van der Waals surface area contributed by atoms with E-state index in [1.807, 2.05) is 13.8 Å². The van der Waals surface area contributed by atoms with Gasteiger partial charge in [-0.2, -0.15) is 0 Å². The Hall–Kier alpha value is -1.64. The topological polar surface area (TPSA) is 47.7 Å². The molecule has 3 heteroatoms. The summed E-state index contributed by atoms with van der Waals surface area (Å²) in [5, 5.41) is 0. The molecule has 0 bridgehead atoms. The monoisotopic (exact) mass is 207 g/mol. The molecule has 1 aromatic rings. The fourth-order valence-electron chi connectivity index (χ4n) is 1.37. The Labute approximate surface area is 89.1 Å². The van der Waals surface area contributed by atoms with Gasteiger partial charge in [-0.15, -0.1) is 0 Å². The molecule has 80 valence electrons. The molecule has 15 heavy (non-hydrogen) atoms. The first-order valence-corrected chi connectivity index (χ1v) is 4.84. The molecule has 0 saturated carbocycles. The molecule has 1 aromatic carbocycles. The number of rotatable bonds is 3. The molecule has 0 aliphatic heterocycles. The van der Waals surface area contributed by atoms with E-state index in [2.05, 4.69) is 4.74 Å². The van der Waals surface area contributed by atoms with Crippen molar-refractivity contribution in [3.05, 3.63) is 34.9 Å². The summed E-state index contributed by atoms with van der Waals surface area (Å²) in [7, 11) is 1.34. The SMILES string of the molecule is CCC(=[OH+])c1cc(C(=O)OC)ccc1C. The average molecular weight is 207 g/mol. The Kier molecular flexibility index (Phi) is 3.61. The lowest BCUT2D eigenvalue weighted by Gasteiger charge is -2.03. The van der Waals surface area contributed by atoms with E-state index in [4.69, 9.17) is 0 Å². The van der Waals surface area contributed by atoms with Crippen LogP contribution in [0, 0.1) is 6.92 Å². The van der Waals surface area contributed by atoms with Crippen LogP contribution in [-0.2, 0) is 4.74 Å². The van der Waals surface area contributed by atoms with Crippen molar-refractivity contribution in [3.63, 3.8) is 0 Å². The molecule has 0 heterocycles. The summed E-state index contributed by atoms with van der Waals surface area (Å²) < 4.78 is 4.61. The van der Waals surface area contributed by atoms with Gasteiger partial charge in [0.2, 0.25) is 0 Å². The van der Waals surface area contributed by atoms with Crippen LogP contribution in [0.25, 0.3) is 0 Å². The highest BCUT2D eigenvalue weighted by Crippen LogP contribution is 2.13. The Balaban J connectivity index is 3.16. The van der Waals surface area contributed by atoms with E-state index < -0.39 is 0 Å². The predicted octanol–water partition coefficient (Wildman–Crippen LogP) is 2.08. The number of ketones is 1. The van der Waals surface area contributed by atoms with E-state index in [0.29, 0.717) is 23.3 Å². The number of aryl methyl sites for hydroxylation is 1. The fraction of sp³-hybridized carbons (Fsp3) is 0.333. The van der Waals surface area contributed by atoms with Crippen LogP contribution >= 0.6 is 0 Å². The van der Waals surface area contributed by atoms with Crippen molar-refractivity contribution in [3.8, 4) is 0 Å². The molecule has 1 N–H and O–H groups in total. The highest BCUT2D eigenvalue weighted by atomic mass is 16.5. The summed E-state index contributed by atoms with van der Waals surface area (Å²) in [6, 6.07) is 5.14. The average Bonchev–Trinajstić information content (AvgIpc) is 2.27. The molecule has 1 rings (SSSR count). The van der Waals surface area contributed by atoms with Gasteiger partial charge in [0.15, 0.2) is 0 Å². The number of carbonyl (C=O) groups is 1. The number of hydrogen-bond acceptors (Lipinski definition) is 2. The summed E-state index contributed by atoms with van der Waals surface area (Å²) >= 11 is 0. The quantitative estimate of drug-likeness (QED) is 0.433. The summed E-state index contributed by atoms with van der Waals surface area (Å²) in [5.74, 6) is -0.0987. The Morgan fingerprint density at radius 3 is 2.67 bits per heavy atom. The minimum atomic E-state index is -0.389. The first-order valence-electron chi connectivity index (χ1n) is 4.84. The highest BCUT2D eigenvalue weighted by molar-refractivity contribution is 6.00. The Bertz CT molecular complexity index is 394. The molecular formula is C12H15O3+. The zero-order chi connectivity index (χ0) is 11.4. The minimum Gasteiger partial charge on any atom is -0.465 e. The van der Waals surface area contributed by atoms with Gasteiger partial charge in [-0.3, -0.25) is 4.79 Å². The van der Waals surface area contributed by atoms with Crippen LogP contribution in [-0.4, -0.2) is 23.7 Å². The summed E-state index contributed by atoms with van der Waals surface area (Å²) in [4.78, 5) is 20.9. The van der Waals surface area contributed by atoms with Crippen LogP contribution in [0.1, 0.15) is 34.8 Å². The van der Waals surface area contributed by atoms with Crippen LogP contribution < -0.4 is 0 Å². The van der Waals surface area contributed by atoms with Crippen molar-refractivity contribution >= 4 is 11.8 Å².